The molecule has 0 radical (unpaired) electrons. The fourth-order valence-corrected chi connectivity index (χ4v) is 4.47. The molecule has 42 valence electrons. The van der Waals surface area contributed by atoms with E-state index in [1.54, 1.807) is 19.3 Å². The van der Waals surface area contributed by atoms with Gasteiger partial charge in [0.25, 0.3) is 0 Å². The Morgan fingerprint density at radius 3 is 1.75 bits per heavy atom. The first-order valence-corrected chi connectivity index (χ1v) is 3.92. The number of rotatable bonds is 0. The van der Waals surface area contributed by atoms with Gasteiger partial charge in [-0.05, 0) is 48.3 Å². The Balaban J connectivity index is 2.06. The largest absolute Gasteiger partial charge is 0.0470 e. The van der Waals surface area contributed by atoms with Crippen LogP contribution < -0.4 is 0 Å². The van der Waals surface area contributed by atoms with E-state index in [9.17, 15) is 0 Å². The van der Waals surface area contributed by atoms with Gasteiger partial charge in [0.05, 0.1) is 0 Å². The van der Waals surface area contributed by atoms with Crippen LogP contribution in [0.2, 0.25) is 0 Å². The maximum Gasteiger partial charge on any atom is -0.0224 e. The van der Waals surface area contributed by atoms with Gasteiger partial charge in [-0.15, -0.1) is 0 Å². The topological polar surface area (TPSA) is 0 Å². The van der Waals surface area contributed by atoms with E-state index in [-0.39, 0.29) is 0 Å². The average Bonchev–Trinajstić information content (AvgIpc) is 2.05. The van der Waals surface area contributed by atoms with Crippen molar-refractivity contribution in [2.45, 2.75) is 19.3 Å². The molecule has 4 fully saturated rings. The van der Waals surface area contributed by atoms with Crippen LogP contribution in [0.1, 0.15) is 19.3 Å². The lowest BCUT2D eigenvalue weighted by molar-refractivity contribution is 0.0115. The molecule has 0 N–H and O–H groups in total. The van der Waals surface area contributed by atoms with Gasteiger partial charge in [-0.2, -0.15) is 0 Å². The van der Waals surface area contributed by atoms with Crippen LogP contribution in [0, 0.1) is 29.1 Å². The Morgan fingerprint density at radius 1 is 1.00 bits per heavy atom. The molecular weight excluding hydrogens is 96.1 g/mol. The van der Waals surface area contributed by atoms with Gasteiger partial charge in [-0.1, -0.05) is 0 Å². The zero-order valence-electron chi connectivity index (χ0n) is 4.93. The highest BCUT2D eigenvalue weighted by molar-refractivity contribution is 5.35. The van der Waals surface area contributed by atoms with Gasteiger partial charge >= 0.3 is 0 Å². The van der Waals surface area contributed by atoms with Crippen molar-refractivity contribution in [3.63, 3.8) is 0 Å². The van der Waals surface area contributed by atoms with Crippen LogP contribution in [0.25, 0.3) is 0 Å². The van der Waals surface area contributed by atoms with Crippen LogP contribution >= 0.6 is 0 Å². The highest BCUT2D eigenvalue weighted by Gasteiger charge is 2.87. The quantitative estimate of drug-likeness (QED) is 0.440. The van der Waals surface area contributed by atoms with Crippen LogP contribution in [0.15, 0.2) is 0 Å². The van der Waals surface area contributed by atoms with Gasteiger partial charge in [-0.25, -0.2) is 0 Å². The van der Waals surface area contributed by atoms with E-state index in [2.05, 4.69) is 0 Å². The smallest absolute Gasteiger partial charge is 0.0224 e. The van der Waals surface area contributed by atoms with Crippen LogP contribution in [0.5, 0.6) is 0 Å². The summed E-state index contributed by atoms with van der Waals surface area (Å²) in [6, 6.07) is 0. The molecule has 1 spiro atoms. The zero-order valence-corrected chi connectivity index (χ0v) is 4.93. The molecular formula is C8H10. The second kappa shape index (κ2) is 0.571. The molecule has 4 unspecified atom stereocenters. The average molecular weight is 106 g/mol. The van der Waals surface area contributed by atoms with Crippen molar-refractivity contribution >= 4 is 0 Å². The molecule has 0 aliphatic heterocycles. The molecule has 4 atom stereocenters. The van der Waals surface area contributed by atoms with Gasteiger partial charge in [0.2, 0.25) is 0 Å². The van der Waals surface area contributed by atoms with Crippen LogP contribution in [0.3, 0.4) is 0 Å². The van der Waals surface area contributed by atoms with E-state index < -0.39 is 0 Å². The Morgan fingerprint density at radius 2 is 1.62 bits per heavy atom. The maximum absolute atomic E-state index is 1.65. The second-order valence-corrected chi connectivity index (χ2v) is 4.45. The van der Waals surface area contributed by atoms with Crippen molar-refractivity contribution in [3.8, 4) is 0 Å². The van der Waals surface area contributed by atoms with Crippen molar-refractivity contribution in [1.29, 1.82) is 0 Å². The van der Waals surface area contributed by atoms with E-state index in [1.165, 1.54) is 23.7 Å². The van der Waals surface area contributed by atoms with Gasteiger partial charge in [0.1, 0.15) is 0 Å². The molecule has 0 bridgehead atoms. The Bertz CT molecular complexity index is 158. The van der Waals surface area contributed by atoms with Gasteiger partial charge in [-0.3, -0.25) is 0 Å². The lowest BCUT2D eigenvalue weighted by Crippen LogP contribution is -2.40. The minimum atomic E-state index is 1.05. The predicted molar refractivity (Wildman–Crippen MR) is 30.2 cm³/mol. The highest BCUT2D eigenvalue weighted by atomic mass is 14.9. The molecule has 4 aliphatic carbocycles. The van der Waals surface area contributed by atoms with Crippen molar-refractivity contribution < 1.29 is 0 Å². The first kappa shape index (κ1) is 3.24. The molecule has 0 amide bonds. The summed E-state index contributed by atoms with van der Waals surface area (Å²) in [4.78, 5) is 0. The summed E-state index contributed by atoms with van der Waals surface area (Å²) in [6.45, 7) is 0. The van der Waals surface area contributed by atoms with Gasteiger partial charge < -0.3 is 0 Å². The Hall–Kier alpha value is 0. The molecule has 8 heavy (non-hydrogen) atoms. The SMILES string of the molecule is C1C2CC34CC1C3C24. The second-order valence-electron chi connectivity index (χ2n) is 4.45. The fourth-order valence-electron chi connectivity index (χ4n) is 4.47. The van der Waals surface area contributed by atoms with E-state index in [0.717, 1.165) is 5.41 Å². The molecule has 0 heterocycles. The summed E-state index contributed by atoms with van der Waals surface area (Å²) in [7, 11) is 0. The standard InChI is InChI=1S/C8H10/c1-4-2-8-3-5(1)7(8)6(4)8/h4-7H,1-3H2. The summed E-state index contributed by atoms with van der Waals surface area (Å²) < 4.78 is 0. The van der Waals surface area contributed by atoms with E-state index in [4.69, 9.17) is 0 Å². The molecule has 0 aromatic heterocycles. The third-order valence-electron chi connectivity index (χ3n) is 4.51. The zero-order chi connectivity index (χ0) is 4.93. The monoisotopic (exact) mass is 106 g/mol. The molecule has 4 saturated carbocycles. The summed E-state index contributed by atoms with van der Waals surface area (Å²) in [6.07, 6.45) is 4.94. The van der Waals surface area contributed by atoms with Crippen molar-refractivity contribution in [2.24, 2.45) is 29.1 Å². The number of hydrogen-bond acceptors (Lipinski definition) is 0. The molecule has 4 rings (SSSR count). The third kappa shape index (κ3) is 0.116. The molecule has 0 heteroatoms. The van der Waals surface area contributed by atoms with E-state index in [1.807, 2.05) is 0 Å². The van der Waals surface area contributed by atoms with Crippen molar-refractivity contribution in [3.05, 3.63) is 0 Å². The Kier molecular flexibility index (Phi) is 0.231. The summed E-state index contributed by atoms with van der Waals surface area (Å²) in [5.74, 6) is 5.09. The Labute approximate surface area is 49.3 Å². The molecule has 0 aromatic carbocycles. The summed E-state index contributed by atoms with van der Waals surface area (Å²) in [5.41, 5.74) is 1.05. The molecule has 0 nitrogen and oxygen atoms in total. The van der Waals surface area contributed by atoms with Crippen molar-refractivity contribution in [1.82, 2.24) is 0 Å². The first-order chi connectivity index (χ1) is 3.92. The highest BCUT2D eigenvalue weighted by Crippen LogP contribution is 2.93. The van der Waals surface area contributed by atoms with Gasteiger partial charge in [0, 0.05) is 0 Å². The lowest BCUT2D eigenvalue weighted by atomic mass is 9.57. The van der Waals surface area contributed by atoms with Gasteiger partial charge in [0.15, 0.2) is 0 Å². The molecule has 0 aromatic rings. The van der Waals surface area contributed by atoms with Crippen LogP contribution in [-0.2, 0) is 0 Å². The van der Waals surface area contributed by atoms with Crippen LogP contribution in [-0.4, -0.2) is 0 Å². The summed E-state index contributed by atoms with van der Waals surface area (Å²) >= 11 is 0. The lowest BCUT2D eigenvalue weighted by Gasteiger charge is -2.48. The normalized spacial score (nSPS) is 87.0. The maximum atomic E-state index is 1.65. The third-order valence-corrected chi connectivity index (χ3v) is 4.51. The minimum absolute atomic E-state index is 1.05. The van der Waals surface area contributed by atoms with E-state index >= 15 is 0 Å². The van der Waals surface area contributed by atoms with Crippen molar-refractivity contribution in [2.75, 3.05) is 0 Å². The summed E-state index contributed by atoms with van der Waals surface area (Å²) in [5, 5.41) is 0. The minimum Gasteiger partial charge on any atom is -0.0470 e. The van der Waals surface area contributed by atoms with Crippen LogP contribution in [0.4, 0.5) is 0 Å². The number of hydrogen-bond donors (Lipinski definition) is 0. The molecule has 4 aliphatic rings. The van der Waals surface area contributed by atoms with E-state index in [0.29, 0.717) is 0 Å². The predicted octanol–water partition coefficient (Wildman–Crippen LogP) is 1.66. The fraction of sp³-hybridized carbons (Fsp3) is 1.00. The molecule has 0 saturated heterocycles. The first-order valence-electron chi connectivity index (χ1n) is 3.92.